The van der Waals surface area contributed by atoms with Gasteiger partial charge in [0.05, 0.1) is 0 Å². The SMILES string of the molecule is CC1C=CC=[N+](C)C1=O.O=S(=O)([O-])O. The first-order chi connectivity index (χ1) is 6.22. The lowest BCUT2D eigenvalue weighted by Crippen LogP contribution is -2.25. The molecular weight excluding hydrogens is 210 g/mol. The highest BCUT2D eigenvalue weighted by molar-refractivity contribution is 7.79. The van der Waals surface area contributed by atoms with Gasteiger partial charge in [0.1, 0.15) is 13.0 Å². The highest BCUT2D eigenvalue weighted by atomic mass is 32.3. The van der Waals surface area contributed by atoms with Crippen LogP contribution < -0.4 is 0 Å². The highest BCUT2D eigenvalue weighted by Gasteiger charge is 2.20. The van der Waals surface area contributed by atoms with E-state index >= 15 is 0 Å². The third-order valence-corrected chi connectivity index (χ3v) is 1.45. The van der Waals surface area contributed by atoms with Gasteiger partial charge in [-0.2, -0.15) is 4.58 Å². The Labute approximate surface area is 82.1 Å². The Morgan fingerprint density at radius 3 is 2.29 bits per heavy atom. The first-order valence-corrected chi connectivity index (χ1v) is 5.05. The van der Waals surface area contributed by atoms with Crippen molar-refractivity contribution < 1.29 is 26.9 Å². The number of carbonyl (C=O) groups excluding carboxylic acids is 1. The number of hydrogen-bond donors (Lipinski definition) is 1. The van der Waals surface area contributed by atoms with Gasteiger partial charge in [0, 0.05) is 0 Å². The Kier molecular flexibility index (Phi) is 4.61. The van der Waals surface area contributed by atoms with Crippen molar-refractivity contribution in [2.24, 2.45) is 5.92 Å². The summed E-state index contributed by atoms with van der Waals surface area (Å²) < 4.78 is 34.4. The van der Waals surface area contributed by atoms with Gasteiger partial charge < -0.3 is 4.55 Å². The van der Waals surface area contributed by atoms with Crippen LogP contribution in [0.15, 0.2) is 12.2 Å². The maximum absolute atomic E-state index is 11.0. The molecule has 0 aromatic rings. The molecule has 1 unspecified atom stereocenters. The van der Waals surface area contributed by atoms with Crippen LogP contribution >= 0.6 is 0 Å². The van der Waals surface area contributed by atoms with Crippen molar-refractivity contribution in [3.63, 3.8) is 0 Å². The Morgan fingerprint density at radius 1 is 1.57 bits per heavy atom. The summed E-state index contributed by atoms with van der Waals surface area (Å²) in [6, 6.07) is 0. The molecule has 14 heavy (non-hydrogen) atoms. The summed E-state index contributed by atoms with van der Waals surface area (Å²) in [6.07, 6.45) is 5.55. The Bertz CT molecular complexity index is 360. The van der Waals surface area contributed by atoms with Crippen molar-refractivity contribution in [1.29, 1.82) is 0 Å². The molecule has 0 saturated carbocycles. The molecule has 0 aromatic heterocycles. The molecule has 0 aliphatic carbocycles. The Morgan fingerprint density at radius 2 is 2.00 bits per heavy atom. The van der Waals surface area contributed by atoms with Crippen molar-refractivity contribution in [2.75, 3.05) is 7.05 Å². The number of hydrogen-bond acceptors (Lipinski definition) is 4. The van der Waals surface area contributed by atoms with E-state index in [1.807, 2.05) is 19.1 Å². The topological polar surface area (TPSA) is 97.5 Å². The van der Waals surface area contributed by atoms with E-state index in [4.69, 9.17) is 17.5 Å². The minimum Gasteiger partial charge on any atom is -0.726 e. The maximum Gasteiger partial charge on any atom is 0.393 e. The lowest BCUT2D eigenvalue weighted by atomic mass is 10.1. The van der Waals surface area contributed by atoms with Crippen molar-refractivity contribution in [3.05, 3.63) is 12.2 Å². The molecule has 1 aliphatic rings. The number of allylic oxidation sites excluding steroid dienone is 1. The molecule has 1 heterocycles. The molecule has 0 radical (unpaired) electrons. The molecule has 80 valence electrons. The second-order valence-electron chi connectivity index (χ2n) is 2.70. The number of rotatable bonds is 0. The Balaban J connectivity index is 0.000000292. The Hall–Kier alpha value is -1.05. The van der Waals surface area contributed by atoms with Gasteiger partial charge in [0.25, 0.3) is 0 Å². The van der Waals surface area contributed by atoms with Crippen molar-refractivity contribution >= 4 is 22.5 Å². The first-order valence-electron chi connectivity index (χ1n) is 3.68. The molecule has 0 aromatic carbocycles. The molecule has 1 rings (SSSR count). The number of nitrogens with zero attached hydrogens (tertiary/aromatic N) is 1. The van der Waals surface area contributed by atoms with E-state index in [0.29, 0.717) is 0 Å². The van der Waals surface area contributed by atoms with Gasteiger partial charge >= 0.3 is 5.91 Å². The molecule has 7 heteroatoms. The fraction of sp³-hybridized carbons (Fsp3) is 0.429. The molecule has 0 bridgehead atoms. The average molecular weight is 221 g/mol. The largest absolute Gasteiger partial charge is 0.726 e. The molecule has 1 N–H and O–H groups in total. The molecule has 6 nitrogen and oxygen atoms in total. The van der Waals surface area contributed by atoms with Crippen LogP contribution in [0.3, 0.4) is 0 Å². The van der Waals surface area contributed by atoms with Crippen LogP contribution in [0.4, 0.5) is 0 Å². The lowest BCUT2D eigenvalue weighted by molar-refractivity contribution is -0.417. The van der Waals surface area contributed by atoms with Crippen molar-refractivity contribution in [1.82, 2.24) is 0 Å². The van der Waals surface area contributed by atoms with E-state index in [0.717, 1.165) is 0 Å². The van der Waals surface area contributed by atoms with Crippen LogP contribution in [0.2, 0.25) is 0 Å². The molecular formula is C7H11NO5S. The fourth-order valence-corrected chi connectivity index (χ4v) is 0.822. The van der Waals surface area contributed by atoms with E-state index in [2.05, 4.69) is 0 Å². The second kappa shape index (κ2) is 4.99. The van der Waals surface area contributed by atoms with Gasteiger partial charge in [-0.05, 0) is 13.0 Å². The molecule has 0 spiro atoms. The van der Waals surface area contributed by atoms with Crippen molar-refractivity contribution in [3.8, 4) is 0 Å². The van der Waals surface area contributed by atoms with E-state index in [9.17, 15) is 4.79 Å². The van der Waals surface area contributed by atoms with E-state index in [1.54, 1.807) is 17.8 Å². The van der Waals surface area contributed by atoms with Gasteiger partial charge in [-0.3, -0.25) is 4.55 Å². The van der Waals surface area contributed by atoms with Crippen LogP contribution in [0.1, 0.15) is 6.92 Å². The van der Waals surface area contributed by atoms with Gasteiger partial charge in [-0.15, -0.1) is 0 Å². The summed E-state index contributed by atoms with van der Waals surface area (Å²) in [5, 5.41) is 0. The first kappa shape index (κ1) is 12.9. The highest BCUT2D eigenvalue weighted by Crippen LogP contribution is 2.01. The molecule has 0 fully saturated rings. The number of amides is 1. The third-order valence-electron chi connectivity index (χ3n) is 1.45. The predicted octanol–water partition coefficient (Wildman–Crippen LogP) is -0.563. The van der Waals surface area contributed by atoms with E-state index in [1.165, 1.54) is 0 Å². The fourth-order valence-electron chi connectivity index (χ4n) is 0.822. The zero-order valence-electron chi connectivity index (χ0n) is 7.75. The zero-order valence-corrected chi connectivity index (χ0v) is 8.56. The summed E-state index contributed by atoms with van der Waals surface area (Å²) in [5.74, 6) is 0.220. The summed E-state index contributed by atoms with van der Waals surface area (Å²) in [6.45, 7) is 1.89. The third kappa shape index (κ3) is 6.46. The summed E-state index contributed by atoms with van der Waals surface area (Å²) in [5.41, 5.74) is 0. The molecule has 1 aliphatic heterocycles. The van der Waals surface area contributed by atoms with Crippen LogP contribution in [0.25, 0.3) is 0 Å². The second-order valence-corrected chi connectivity index (χ2v) is 3.55. The van der Waals surface area contributed by atoms with Gasteiger partial charge in [0.2, 0.25) is 10.4 Å². The maximum atomic E-state index is 11.0. The lowest BCUT2D eigenvalue weighted by Gasteiger charge is -2.01. The smallest absolute Gasteiger partial charge is 0.393 e. The zero-order chi connectivity index (χ0) is 11.4. The minimum atomic E-state index is -4.92. The van der Waals surface area contributed by atoms with Crippen LogP contribution in [0, 0.1) is 5.92 Å². The standard InChI is InChI=1S/C7H10NO.H2O4S/c1-6-4-3-5-8(2)7(6)9;1-5(2,3)4/h3-6H,1-2H3;(H2,1,2,3,4)/q+1;/p-1. The van der Waals surface area contributed by atoms with Crippen molar-refractivity contribution in [2.45, 2.75) is 6.92 Å². The van der Waals surface area contributed by atoms with Crippen LogP contribution in [0.5, 0.6) is 0 Å². The monoisotopic (exact) mass is 221 g/mol. The average Bonchev–Trinajstić information content (AvgIpc) is 1.97. The summed E-state index contributed by atoms with van der Waals surface area (Å²) >= 11 is 0. The van der Waals surface area contributed by atoms with E-state index < -0.39 is 10.4 Å². The van der Waals surface area contributed by atoms with Crippen LogP contribution in [-0.4, -0.2) is 41.3 Å². The van der Waals surface area contributed by atoms with Crippen LogP contribution in [-0.2, 0) is 15.2 Å². The normalized spacial score (nSPS) is 21.0. The molecule has 1 atom stereocenters. The molecule has 0 saturated heterocycles. The van der Waals surface area contributed by atoms with Gasteiger partial charge in [-0.1, -0.05) is 6.08 Å². The van der Waals surface area contributed by atoms with Gasteiger partial charge in [-0.25, -0.2) is 13.2 Å². The van der Waals surface area contributed by atoms with Gasteiger partial charge in [0.15, 0.2) is 6.21 Å². The summed E-state index contributed by atoms with van der Waals surface area (Å²) in [4.78, 5) is 11.0. The predicted molar refractivity (Wildman–Crippen MR) is 47.9 cm³/mol. The molecule has 1 amide bonds. The number of carbonyl (C=O) groups is 1. The quantitative estimate of drug-likeness (QED) is 0.336. The summed E-state index contributed by atoms with van der Waals surface area (Å²) in [7, 11) is -3.15. The minimum absolute atomic E-state index is 0.0556. The van der Waals surface area contributed by atoms with E-state index in [-0.39, 0.29) is 11.8 Å².